The van der Waals surface area contributed by atoms with Crippen LogP contribution in [0.2, 0.25) is 0 Å². The van der Waals surface area contributed by atoms with Gasteiger partial charge < -0.3 is 4.74 Å². The van der Waals surface area contributed by atoms with Gasteiger partial charge in [-0.05, 0) is 40.3 Å². The summed E-state index contributed by atoms with van der Waals surface area (Å²) < 4.78 is 19.5. The second-order valence-corrected chi connectivity index (χ2v) is 6.67. The highest BCUT2D eigenvalue weighted by atomic mass is 127. The van der Waals surface area contributed by atoms with Gasteiger partial charge >= 0.3 is 0 Å². The van der Waals surface area contributed by atoms with E-state index in [9.17, 15) is 14.4 Å². The Morgan fingerprint density at radius 3 is 2.75 bits per heavy atom. The van der Waals surface area contributed by atoms with Crippen LogP contribution in [0.15, 0.2) is 52.4 Å². The largest absolute Gasteiger partial charge is 0.493 e. The number of ether oxygens (including phenoxy) is 1. The Kier molecular flexibility index (Phi) is 6.00. The lowest BCUT2D eigenvalue weighted by atomic mass is 10.1. The molecule has 0 radical (unpaired) electrons. The number of benzene rings is 2. The minimum Gasteiger partial charge on any atom is -0.493 e. The minimum absolute atomic E-state index is 0.0581. The van der Waals surface area contributed by atoms with Crippen molar-refractivity contribution >= 4 is 34.8 Å². The Labute approximate surface area is 173 Å². The fourth-order valence-corrected chi connectivity index (χ4v) is 3.29. The van der Waals surface area contributed by atoms with Gasteiger partial charge in [0.25, 0.3) is 5.56 Å². The molecule has 1 heterocycles. The van der Waals surface area contributed by atoms with Crippen LogP contribution >= 0.6 is 22.6 Å². The first-order chi connectivity index (χ1) is 13.5. The van der Waals surface area contributed by atoms with E-state index in [1.807, 2.05) is 34.7 Å². The van der Waals surface area contributed by atoms with Crippen molar-refractivity contribution in [3.05, 3.63) is 73.3 Å². The highest BCUT2D eigenvalue weighted by molar-refractivity contribution is 14.1. The molecule has 7 nitrogen and oxygen atoms in total. The number of H-pyrrole nitrogens is 1. The number of nitrogens with one attached hydrogen (secondary N) is 2. The molecule has 0 fully saturated rings. The maximum Gasteiger partial charge on any atom is 0.270 e. The fourth-order valence-electron chi connectivity index (χ4n) is 2.45. The standard InChI is InChI=1S/C19H13FIN5O2/c1-28-17-14(20)7-11(8-15(17)21)10-23-26-19-24-16(12-5-3-2-4-6-12)13(9-22)18(27)25-19/h2-8,10H,1H3,(H2,24,25,26,27). The van der Waals surface area contributed by atoms with Gasteiger partial charge in [0.2, 0.25) is 5.95 Å². The van der Waals surface area contributed by atoms with Crippen molar-refractivity contribution in [2.45, 2.75) is 0 Å². The zero-order valence-corrected chi connectivity index (χ0v) is 16.7. The van der Waals surface area contributed by atoms with Crippen molar-refractivity contribution < 1.29 is 9.13 Å². The summed E-state index contributed by atoms with van der Waals surface area (Å²) in [5, 5.41) is 13.2. The molecule has 9 heteroatoms. The molecule has 0 spiro atoms. The summed E-state index contributed by atoms with van der Waals surface area (Å²) in [7, 11) is 1.40. The Morgan fingerprint density at radius 2 is 2.11 bits per heavy atom. The van der Waals surface area contributed by atoms with Crippen LogP contribution in [0.4, 0.5) is 10.3 Å². The van der Waals surface area contributed by atoms with E-state index in [-0.39, 0.29) is 23.0 Å². The van der Waals surface area contributed by atoms with Crippen LogP contribution in [-0.4, -0.2) is 23.3 Å². The number of anilines is 1. The molecular weight excluding hydrogens is 476 g/mol. The van der Waals surface area contributed by atoms with E-state index in [4.69, 9.17) is 4.74 Å². The lowest BCUT2D eigenvalue weighted by Crippen LogP contribution is -2.16. The zero-order chi connectivity index (χ0) is 20.1. The van der Waals surface area contributed by atoms with Crippen molar-refractivity contribution in [2.24, 2.45) is 5.10 Å². The van der Waals surface area contributed by atoms with E-state index in [0.29, 0.717) is 14.7 Å². The van der Waals surface area contributed by atoms with Gasteiger partial charge in [-0.3, -0.25) is 9.78 Å². The van der Waals surface area contributed by atoms with Crippen LogP contribution in [0, 0.1) is 20.7 Å². The van der Waals surface area contributed by atoms with E-state index in [1.54, 1.807) is 30.3 Å². The van der Waals surface area contributed by atoms with Gasteiger partial charge in [-0.15, -0.1) is 0 Å². The third-order valence-corrected chi connectivity index (χ3v) is 4.49. The van der Waals surface area contributed by atoms with Gasteiger partial charge in [0.1, 0.15) is 11.6 Å². The predicted molar refractivity (Wildman–Crippen MR) is 112 cm³/mol. The molecular formula is C19H13FIN5O2. The van der Waals surface area contributed by atoms with Crippen LogP contribution in [-0.2, 0) is 0 Å². The third-order valence-electron chi connectivity index (χ3n) is 3.69. The fraction of sp³-hybridized carbons (Fsp3) is 0.0526. The maximum absolute atomic E-state index is 13.9. The third kappa shape index (κ3) is 4.17. The molecule has 0 saturated heterocycles. The second kappa shape index (κ2) is 8.62. The molecule has 0 unspecified atom stereocenters. The SMILES string of the molecule is COc1c(F)cc(C=NNc2nc(-c3ccccc3)c(C#N)c(=O)[nH]2)cc1I. The van der Waals surface area contributed by atoms with E-state index >= 15 is 0 Å². The van der Waals surface area contributed by atoms with Gasteiger partial charge in [0, 0.05) is 5.56 Å². The summed E-state index contributed by atoms with van der Waals surface area (Å²) in [6.45, 7) is 0. The summed E-state index contributed by atoms with van der Waals surface area (Å²) in [6, 6.07) is 13.7. The molecule has 0 aliphatic rings. The van der Waals surface area contributed by atoms with Gasteiger partial charge in [-0.1, -0.05) is 30.3 Å². The van der Waals surface area contributed by atoms with E-state index in [2.05, 4.69) is 20.5 Å². The molecule has 0 amide bonds. The molecule has 1 aromatic heterocycles. The number of methoxy groups -OCH3 is 1. The van der Waals surface area contributed by atoms with Gasteiger partial charge in [0.05, 0.1) is 22.6 Å². The summed E-state index contributed by atoms with van der Waals surface area (Å²) in [4.78, 5) is 18.9. The van der Waals surface area contributed by atoms with Crippen LogP contribution in [0.3, 0.4) is 0 Å². The van der Waals surface area contributed by atoms with Crippen LogP contribution in [0.1, 0.15) is 11.1 Å². The zero-order valence-electron chi connectivity index (χ0n) is 14.5. The van der Waals surface area contributed by atoms with Crippen molar-refractivity contribution in [3.63, 3.8) is 0 Å². The van der Waals surface area contributed by atoms with Crippen molar-refractivity contribution in [2.75, 3.05) is 12.5 Å². The monoisotopic (exact) mass is 489 g/mol. The number of hydrogen-bond donors (Lipinski definition) is 2. The summed E-state index contributed by atoms with van der Waals surface area (Å²) in [5.74, 6) is -0.286. The summed E-state index contributed by atoms with van der Waals surface area (Å²) >= 11 is 1.96. The first-order valence-electron chi connectivity index (χ1n) is 7.95. The number of halogens is 2. The number of rotatable bonds is 5. The molecule has 0 saturated carbocycles. The molecule has 0 aliphatic carbocycles. The average Bonchev–Trinajstić information content (AvgIpc) is 2.68. The number of aromatic nitrogens is 2. The lowest BCUT2D eigenvalue weighted by Gasteiger charge is -2.07. The molecule has 2 N–H and O–H groups in total. The van der Waals surface area contributed by atoms with Crippen LogP contribution < -0.4 is 15.7 Å². The Balaban J connectivity index is 1.90. The van der Waals surface area contributed by atoms with Crippen molar-refractivity contribution in [1.82, 2.24) is 9.97 Å². The van der Waals surface area contributed by atoms with E-state index in [0.717, 1.165) is 0 Å². The first kappa shape index (κ1) is 19.5. The smallest absolute Gasteiger partial charge is 0.270 e. The minimum atomic E-state index is -0.584. The Bertz CT molecular complexity index is 1120. The Morgan fingerprint density at radius 1 is 1.36 bits per heavy atom. The molecule has 140 valence electrons. The number of nitriles is 1. The number of hydrazone groups is 1. The summed E-state index contributed by atoms with van der Waals surface area (Å²) in [5.41, 5.74) is 3.29. The predicted octanol–water partition coefficient (Wildman–Crippen LogP) is 3.51. The van der Waals surface area contributed by atoms with Crippen LogP contribution in [0.25, 0.3) is 11.3 Å². The van der Waals surface area contributed by atoms with E-state index in [1.165, 1.54) is 19.4 Å². The van der Waals surface area contributed by atoms with E-state index < -0.39 is 11.4 Å². The lowest BCUT2D eigenvalue weighted by molar-refractivity contribution is 0.383. The molecule has 0 bridgehead atoms. The van der Waals surface area contributed by atoms with Crippen molar-refractivity contribution in [3.8, 4) is 23.1 Å². The summed E-state index contributed by atoms with van der Waals surface area (Å²) in [6.07, 6.45) is 1.38. The average molecular weight is 489 g/mol. The highest BCUT2D eigenvalue weighted by Gasteiger charge is 2.13. The molecule has 3 aromatic rings. The van der Waals surface area contributed by atoms with Gasteiger partial charge in [0.15, 0.2) is 11.6 Å². The molecule has 28 heavy (non-hydrogen) atoms. The first-order valence-corrected chi connectivity index (χ1v) is 9.03. The second-order valence-electron chi connectivity index (χ2n) is 5.50. The molecule has 0 aliphatic heterocycles. The molecule has 2 aromatic carbocycles. The van der Waals surface area contributed by atoms with Crippen LogP contribution in [0.5, 0.6) is 5.75 Å². The topological polar surface area (TPSA) is 103 Å². The highest BCUT2D eigenvalue weighted by Crippen LogP contribution is 2.25. The van der Waals surface area contributed by atoms with Crippen molar-refractivity contribution in [1.29, 1.82) is 5.26 Å². The number of aromatic amines is 1. The van der Waals surface area contributed by atoms with Gasteiger partial charge in [-0.25, -0.2) is 14.8 Å². The molecule has 0 atom stereocenters. The normalized spacial score (nSPS) is 10.6. The maximum atomic E-state index is 13.9. The molecule has 3 rings (SSSR count). The number of nitrogens with zero attached hydrogens (tertiary/aromatic N) is 3. The Hall–Kier alpha value is -3.26. The van der Waals surface area contributed by atoms with Gasteiger partial charge in [-0.2, -0.15) is 10.4 Å². The quantitative estimate of drug-likeness (QED) is 0.325. The number of hydrogen-bond acceptors (Lipinski definition) is 6.